The minimum absolute atomic E-state index is 0.0332. The first-order valence-corrected chi connectivity index (χ1v) is 4.43. The molecule has 0 unspecified atom stereocenters. The zero-order valence-corrected chi connectivity index (χ0v) is 8.35. The van der Waals surface area contributed by atoms with Crippen molar-refractivity contribution in [2.75, 3.05) is 13.6 Å². The Kier molecular flexibility index (Phi) is 2.42. The van der Waals surface area contributed by atoms with E-state index in [2.05, 4.69) is 26.1 Å². The Bertz CT molecular complexity index is 183. The second-order valence-electron chi connectivity index (χ2n) is 4.50. The van der Waals surface area contributed by atoms with Crippen molar-refractivity contribution in [3.8, 4) is 0 Å². The topological polar surface area (TPSA) is 32.3 Å². The summed E-state index contributed by atoms with van der Waals surface area (Å²) in [5, 5.41) is 3.31. The minimum Gasteiger partial charge on any atom is -0.344 e. The SMILES string of the molecule is CN1CC[C@H](NC(C)(C)C)C1=O. The van der Waals surface area contributed by atoms with Gasteiger partial charge in [0.15, 0.2) is 0 Å². The van der Waals surface area contributed by atoms with Crippen LogP contribution in [0.2, 0.25) is 0 Å². The van der Waals surface area contributed by atoms with Gasteiger partial charge in [0, 0.05) is 19.1 Å². The van der Waals surface area contributed by atoms with Crippen LogP contribution in [0, 0.1) is 0 Å². The van der Waals surface area contributed by atoms with Gasteiger partial charge in [-0.25, -0.2) is 0 Å². The largest absolute Gasteiger partial charge is 0.344 e. The number of likely N-dealkylation sites (N-methyl/N-ethyl adjacent to an activating group) is 1. The van der Waals surface area contributed by atoms with Crippen molar-refractivity contribution in [3.05, 3.63) is 0 Å². The van der Waals surface area contributed by atoms with E-state index >= 15 is 0 Å². The molecule has 0 saturated carbocycles. The fourth-order valence-electron chi connectivity index (χ4n) is 1.48. The summed E-state index contributed by atoms with van der Waals surface area (Å²) >= 11 is 0. The summed E-state index contributed by atoms with van der Waals surface area (Å²) in [4.78, 5) is 13.2. The van der Waals surface area contributed by atoms with Crippen molar-refractivity contribution in [1.82, 2.24) is 10.2 Å². The van der Waals surface area contributed by atoms with E-state index in [1.54, 1.807) is 4.90 Å². The lowest BCUT2D eigenvalue weighted by Gasteiger charge is -2.24. The zero-order valence-electron chi connectivity index (χ0n) is 8.35. The van der Waals surface area contributed by atoms with Crippen LogP contribution in [0.4, 0.5) is 0 Å². The molecule has 1 atom stereocenters. The van der Waals surface area contributed by atoms with E-state index < -0.39 is 0 Å². The van der Waals surface area contributed by atoms with Gasteiger partial charge in [0.05, 0.1) is 6.04 Å². The van der Waals surface area contributed by atoms with Gasteiger partial charge < -0.3 is 10.2 Å². The first kappa shape index (κ1) is 9.52. The van der Waals surface area contributed by atoms with Crippen molar-refractivity contribution in [2.45, 2.75) is 38.8 Å². The highest BCUT2D eigenvalue weighted by atomic mass is 16.2. The highest BCUT2D eigenvalue weighted by Gasteiger charge is 2.31. The lowest BCUT2D eigenvalue weighted by molar-refractivity contribution is -0.128. The number of nitrogens with one attached hydrogen (secondary N) is 1. The van der Waals surface area contributed by atoms with Crippen molar-refractivity contribution in [3.63, 3.8) is 0 Å². The van der Waals surface area contributed by atoms with Crippen molar-refractivity contribution >= 4 is 5.91 Å². The van der Waals surface area contributed by atoms with Crippen molar-refractivity contribution < 1.29 is 4.79 Å². The standard InChI is InChI=1S/C9H18N2O/c1-9(2,3)10-7-5-6-11(4)8(7)12/h7,10H,5-6H2,1-4H3/t7-/m0/s1. The van der Waals surface area contributed by atoms with Crippen LogP contribution in [0.5, 0.6) is 0 Å². The van der Waals surface area contributed by atoms with Gasteiger partial charge in [-0.05, 0) is 27.2 Å². The van der Waals surface area contributed by atoms with E-state index in [1.165, 1.54) is 0 Å². The Morgan fingerprint density at radius 1 is 1.50 bits per heavy atom. The molecule has 1 rings (SSSR count). The number of nitrogens with zero attached hydrogens (tertiary/aromatic N) is 1. The maximum atomic E-state index is 11.4. The number of likely N-dealkylation sites (tertiary alicyclic amines) is 1. The number of rotatable bonds is 1. The Morgan fingerprint density at radius 2 is 2.08 bits per heavy atom. The quantitative estimate of drug-likeness (QED) is 0.625. The summed E-state index contributed by atoms with van der Waals surface area (Å²) < 4.78 is 0. The summed E-state index contributed by atoms with van der Waals surface area (Å²) in [5.74, 6) is 0.227. The van der Waals surface area contributed by atoms with Crippen LogP contribution in [-0.4, -0.2) is 36.0 Å². The van der Waals surface area contributed by atoms with E-state index in [0.29, 0.717) is 0 Å². The molecule has 1 saturated heterocycles. The first-order valence-electron chi connectivity index (χ1n) is 4.43. The van der Waals surface area contributed by atoms with Gasteiger partial charge >= 0.3 is 0 Å². The number of carbonyl (C=O) groups excluding carboxylic acids is 1. The molecule has 1 aliphatic heterocycles. The fourth-order valence-corrected chi connectivity index (χ4v) is 1.48. The first-order chi connectivity index (χ1) is 5.40. The molecule has 1 fully saturated rings. The Hall–Kier alpha value is -0.570. The summed E-state index contributed by atoms with van der Waals surface area (Å²) in [7, 11) is 1.85. The van der Waals surface area contributed by atoms with Crippen LogP contribution >= 0.6 is 0 Å². The molecule has 1 heterocycles. The van der Waals surface area contributed by atoms with Gasteiger partial charge in [-0.2, -0.15) is 0 Å². The third kappa shape index (κ3) is 2.21. The van der Waals surface area contributed by atoms with Crippen LogP contribution in [0.25, 0.3) is 0 Å². The third-order valence-electron chi connectivity index (χ3n) is 2.03. The van der Waals surface area contributed by atoms with E-state index in [0.717, 1.165) is 13.0 Å². The van der Waals surface area contributed by atoms with Gasteiger partial charge in [0.1, 0.15) is 0 Å². The Balaban J connectivity index is 2.50. The predicted octanol–water partition coefficient (Wildman–Crippen LogP) is 0.605. The fraction of sp³-hybridized carbons (Fsp3) is 0.889. The molecule has 0 aliphatic carbocycles. The average molecular weight is 170 g/mol. The number of hydrogen-bond donors (Lipinski definition) is 1. The number of carbonyl (C=O) groups is 1. The summed E-state index contributed by atoms with van der Waals surface area (Å²) in [6.45, 7) is 7.13. The molecule has 70 valence electrons. The van der Waals surface area contributed by atoms with E-state index in [1.807, 2.05) is 7.05 Å². The van der Waals surface area contributed by atoms with Gasteiger partial charge in [0.25, 0.3) is 0 Å². The van der Waals surface area contributed by atoms with Gasteiger partial charge in [-0.3, -0.25) is 4.79 Å². The Labute approximate surface area is 74.1 Å². The second-order valence-corrected chi connectivity index (χ2v) is 4.50. The molecule has 1 aliphatic rings. The molecule has 12 heavy (non-hydrogen) atoms. The van der Waals surface area contributed by atoms with Crippen LogP contribution in [0.15, 0.2) is 0 Å². The zero-order chi connectivity index (χ0) is 9.35. The third-order valence-corrected chi connectivity index (χ3v) is 2.03. The molecule has 0 aromatic heterocycles. The van der Waals surface area contributed by atoms with Crippen LogP contribution in [0.1, 0.15) is 27.2 Å². The summed E-state index contributed by atoms with van der Waals surface area (Å²) in [6.07, 6.45) is 0.937. The smallest absolute Gasteiger partial charge is 0.239 e. The van der Waals surface area contributed by atoms with Gasteiger partial charge in [-0.1, -0.05) is 0 Å². The normalized spacial score (nSPS) is 25.2. The highest BCUT2D eigenvalue weighted by Crippen LogP contribution is 2.12. The molecule has 0 radical (unpaired) electrons. The molecule has 0 aromatic carbocycles. The van der Waals surface area contributed by atoms with Gasteiger partial charge in [-0.15, -0.1) is 0 Å². The maximum absolute atomic E-state index is 11.4. The van der Waals surface area contributed by atoms with E-state index in [-0.39, 0.29) is 17.5 Å². The number of amides is 1. The number of hydrogen-bond acceptors (Lipinski definition) is 2. The molecule has 1 N–H and O–H groups in total. The van der Waals surface area contributed by atoms with Crippen LogP contribution < -0.4 is 5.32 Å². The van der Waals surface area contributed by atoms with Crippen molar-refractivity contribution in [1.29, 1.82) is 0 Å². The summed E-state index contributed by atoms with van der Waals surface area (Å²) in [6, 6.07) is 0.0370. The molecule has 1 amide bonds. The molecule has 0 spiro atoms. The second kappa shape index (κ2) is 3.05. The Morgan fingerprint density at radius 3 is 2.42 bits per heavy atom. The molecule has 0 aromatic rings. The van der Waals surface area contributed by atoms with Gasteiger partial charge in [0.2, 0.25) is 5.91 Å². The predicted molar refractivity (Wildman–Crippen MR) is 48.9 cm³/mol. The average Bonchev–Trinajstić information content (AvgIpc) is 2.16. The molecular formula is C9H18N2O. The lowest BCUT2D eigenvalue weighted by Crippen LogP contribution is -2.47. The van der Waals surface area contributed by atoms with Crippen molar-refractivity contribution in [2.24, 2.45) is 0 Å². The highest BCUT2D eigenvalue weighted by molar-refractivity contribution is 5.83. The molecular weight excluding hydrogens is 152 g/mol. The molecule has 3 heteroatoms. The monoisotopic (exact) mass is 170 g/mol. The van der Waals surface area contributed by atoms with Crippen LogP contribution in [0.3, 0.4) is 0 Å². The maximum Gasteiger partial charge on any atom is 0.239 e. The molecule has 3 nitrogen and oxygen atoms in total. The molecule has 0 bridgehead atoms. The minimum atomic E-state index is 0.0332. The van der Waals surface area contributed by atoms with E-state index in [9.17, 15) is 4.79 Å². The van der Waals surface area contributed by atoms with Crippen LogP contribution in [-0.2, 0) is 4.79 Å². The van der Waals surface area contributed by atoms with E-state index in [4.69, 9.17) is 0 Å². The lowest BCUT2D eigenvalue weighted by atomic mass is 10.1. The summed E-state index contributed by atoms with van der Waals surface area (Å²) in [5.41, 5.74) is 0.0332.